The lowest BCUT2D eigenvalue weighted by molar-refractivity contribution is -0.281. The lowest BCUT2D eigenvalue weighted by Crippen LogP contribution is -2.60. The molecule has 6 atom stereocenters. The quantitative estimate of drug-likeness (QED) is 0.238. The van der Waals surface area contributed by atoms with Crippen LogP contribution in [0.4, 0.5) is 13.2 Å². The first kappa shape index (κ1) is 39.3. The van der Waals surface area contributed by atoms with Crippen molar-refractivity contribution < 1.29 is 70.9 Å². The largest absolute Gasteiger partial charge is 0.497 e. The highest BCUT2D eigenvalue weighted by molar-refractivity contribution is 5.92. The van der Waals surface area contributed by atoms with Gasteiger partial charge in [0.15, 0.2) is 17.6 Å². The Morgan fingerprint density at radius 3 is 2.28 bits per heavy atom. The van der Waals surface area contributed by atoms with Crippen LogP contribution in [0.3, 0.4) is 0 Å². The van der Waals surface area contributed by atoms with Crippen molar-refractivity contribution in [2.24, 2.45) is 0 Å². The fraction of sp³-hybridized carbons (Fsp3) is 0.553. The standard InChI is InChI=1S/C38H44F3NO12/c1-34(2,46)14-15-36(47,30(31(43)49-4)54-33(45)37(50-5,38(39,40)41)23-10-7-6-8-11-23)32(44)53-29-27(48-3)20-35-13-9-16-42(35)17-12-22-18-25-26(52-21-51-25)19-24(22)28(29)35/h6-8,10-11,18-20,28-30,46-47H,9,12-17,21H2,1-5H3/t28-,29-,30-,35+,36-,37-/m1/s1. The normalized spacial score (nSPS) is 24.7. The SMILES string of the molecule is COC(=O)[C@@H](OC(=O)[C@](OC)(c1ccccc1)C(F)(F)F)[C@](O)(CCC(C)(C)O)C(=O)O[C@@H]1C(OC)=C[C@]23CCCN2CCc2cc4c(cc2[C@H]13)OCO4. The minimum Gasteiger partial charge on any atom is -0.497 e. The van der Waals surface area contributed by atoms with Crippen LogP contribution in [0.25, 0.3) is 0 Å². The van der Waals surface area contributed by atoms with Gasteiger partial charge in [-0.3, -0.25) is 4.90 Å². The van der Waals surface area contributed by atoms with Gasteiger partial charge in [-0.15, -0.1) is 0 Å². The van der Waals surface area contributed by atoms with E-state index in [9.17, 15) is 37.8 Å². The second-order valence-corrected chi connectivity index (χ2v) is 14.6. The van der Waals surface area contributed by atoms with Crippen LogP contribution in [-0.4, -0.2) is 109 Å². The highest BCUT2D eigenvalue weighted by atomic mass is 19.4. The number of carbonyl (C=O) groups is 3. The number of hydrogen-bond acceptors (Lipinski definition) is 13. The van der Waals surface area contributed by atoms with Crippen molar-refractivity contribution >= 4 is 17.9 Å². The fourth-order valence-corrected chi connectivity index (χ4v) is 8.17. The van der Waals surface area contributed by atoms with Gasteiger partial charge in [0.25, 0.3) is 5.60 Å². The third kappa shape index (κ3) is 6.56. The lowest BCUT2D eigenvalue weighted by atomic mass is 9.77. The minimum absolute atomic E-state index is 0.0188. The number of alkyl halides is 3. The molecule has 0 saturated carbocycles. The summed E-state index contributed by atoms with van der Waals surface area (Å²) in [5, 5.41) is 23.0. The Morgan fingerprint density at radius 1 is 0.981 bits per heavy atom. The average molecular weight is 764 g/mol. The molecule has 1 spiro atoms. The lowest BCUT2D eigenvalue weighted by Gasteiger charge is -2.40. The highest BCUT2D eigenvalue weighted by Crippen LogP contribution is 2.56. The maximum Gasteiger partial charge on any atom is 0.432 e. The first-order valence-electron chi connectivity index (χ1n) is 17.5. The molecule has 0 unspecified atom stereocenters. The van der Waals surface area contributed by atoms with Gasteiger partial charge in [0.05, 0.1) is 31.3 Å². The second-order valence-electron chi connectivity index (χ2n) is 14.6. The molecular formula is C38H44F3NO12. The van der Waals surface area contributed by atoms with E-state index in [1.54, 1.807) is 0 Å². The van der Waals surface area contributed by atoms with Crippen LogP contribution in [0.5, 0.6) is 11.5 Å². The number of methoxy groups -OCH3 is 3. The van der Waals surface area contributed by atoms with Crippen molar-refractivity contribution in [3.63, 3.8) is 0 Å². The Kier molecular flexibility index (Phi) is 10.5. The van der Waals surface area contributed by atoms with Crippen molar-refractivity contribution in [2.45, 2.75) is 92.6 Å². The highest BCUT2D eigenvalue weighted by Gasteiger charge is 2.66. The molecule has 294 valence electrons. The Morgan fingerprint density at radius 2 is 1.67 bits per heavy atom. The van der Waals surface area contributed by atoms with Gasteiger partial charge in [-0.2, -0.15) is 13.2 Å². The van der Waals surface area contributed by atoms with E-state index in [0.29, 0.717) is 38.0 Å². The number of ether oxygens (including phenoxy) is 7. The van der Waals surface area contributed by atoms with E-state index in [1.165, 1.54) is 39.2 Å². The van der Waals surface area contributed by atoms with Crippen LogP contribution in [0, 0.1) is 0 Å². The number of nitrogens with zero attached hydrogens (tertiary/aromatic N) is 1. The van der Waals surface area contributed by atoms with Crippen molar-refractivity contribution in [1.29, 1.82) is 0 Å². The van der Waals surface area contributed by atoms with Crippen molar-refractivity contribution in [1.82, 2.24) is 4.90 Å². The molecule has 4 aliphatic rings. The minimum atomic E-state index is -5.46. The molecule has 54 heavy (non-hydrogen) atoms. The third-order valence-corrected chi connectivity index (χ3v) is 10.9. The Balaban J connectivity index is 1.43. The predicted molar refractivity (Wildman–Crippen MR) is 181 cm³/mol. The summed E-state index contributed by atoms with van der Waals surface area (Å²) in [5.41, 5.74) is -8.35. The first-order chi connectivity index (χ1) is 25.5. The van der Waals surface area contributed by atoms with E-state index in [-0.39, 0.29) is 12.6 Å². The van der Waals surface area contributed by atoms with Crippen LogP contribution in [0.15, 0.2) is 54.3 Å². The summed E-state index contributed by atoms with van der Waals surface area (Å²) in [5.74, 6) is -4.66. The van der Waals surface area contributed by atoms with Gasteiger partial charge < -0.3 is 43.4 Å². The number of halogens is 3. The Labute approximate surface area is 309 Å². The smallest absolute Gasteiger partial charge is 0.432 e. The van der Waals surface area contributed by atoms with Crippen LogP contribution in [-0.2, 0) is 50.1 Å². The Hall–Kier alpha value is -4.38. The molecule has 0 bridgehead atoms. The molecule has 1 fully saturated rings. The maximum atomic E-state index is 14.9. The van der Waals surface area contributed by atoms with Gasteiger partial charge in [-0.1, -0.05) is 30.3 Å². The molecule has 0 radical (unpaired) electrons. The first-order valence-corrected chi connectivity index (χ1v) is 17.5. The molecule has 2 aromatic carbocycles. The fourth-order valence-electron chi connectivity index (χ4n) is 8.17. The van der Waals surface area contributed by atoms with Crippen molar-refractivity contribution in [2.75, 3.05) is 41.2 Å². The number of rotatable bonds is 12. The molecule has 1 saturated heterocycles. The molecular weight excluding hydrogens is 719 g/mol. The summed E-state index contributed by atoms with van der Waals surface area (Å²) >= 11 is 0. The number of aliphatic hydroxyl groups is 2. The van der Waals surface area contributed by atoms with Crippen LogP contribution < -0.4 is 9.47 Å². The zero-order valence-electron chi connectivity index (χ0n) is 30.6. The number of hydrogen-bond donors (Lipinski definition) is 2. The summed E-state index contributed by atoms with van der Waals surface area (Å²) in [6.45, 7) is 4.09. The summed E-state index contributed by atoms with van der Waals surface area (Å²) in [6.07, 6.45) is -6.72. The number of carbonyl (C=O) groups excluding carboxylic acids is 3. The molecule has 13 nitrogen and oxygen atoms in total. The molecule has 3 heterocycles. The molecule has 0 amide bonds. The molecule has 2 aromatic rings. The van der Waals surface area contributed by atoms with Crippen LogP contribution in [0.1, 0.15) is 62.1 Å². The Bertz CT molecular complexity index is 1800. The maximum absolute atomic E-state index is 14.9. The van der Waals surface area contributed by atoms with E-state index in [0.717, 1.165) is 43.3 Å². The molecule has 3 aliphatic heterocycles. The number of esters is 3. The molecule has 1 aliphatic carbocycles. The molecule has 6 rings (SSSR count). The summed E-state index contributed by atoms with van der Waals surface area (Å²) in [7, 11) is 2.85. The van der Waals surface area contributed by atoms with Crippen LogP contribution >= 0.6 is 0 Å². The summed E-state index contributed by atoms with van der Waals surface area (Å²) in [4.78, 5) is 44.2. The van der Waals surface area contributed by atoms with E-state index >= 15 is 0 Å². The van der Waals surface area contributed by atoms with E-state index < -0.39 is 83.0 Å². The third-order valence-electron chi connectivity index (χ3n) is 10.9. The number of fused-ring (bicyclic) bond motifs is 3. The number of benzene rings is 2. The van der Waals surface area contributed by atoms with Gasteiger partial charge in [-0.05, 0) is 81.8 Å². The van der Waals surface area contributed by atoms with Crippen molar-refractivity contribution in [3.05, 3.63) is 71.0 Å². The van der Waals surface area contributed by atoms with E-state index in [2.05, 4.69) is 4.90 Å². The summed E-state index contributed by atoms with van der Waals surface area (Å²) in [6, 6.07) is 9.52. The molecule has 16 heteroatoms. The summed E-state index contributed by atoms with van der Waals surface area (Å²) < 4.78 is 82.8. The molecule has 2 N–H and O–H groups in total. The topological polar surface area (TPSA) is 160 Å². The zero-order valence-corrected chi connectivity index (χ0v) is 30.6. The van der Waals surface area contributed by atoms with Gasteiger partial charge in [0.2, 0.25) is 18.5 Å². The average Bonchev–Trinajstić information content (AvgIpc) is 3.82. The molecule has 0 aromatic heterocycles. The van der Waals surface area contributed by atoms with E-state index in [1.807, 2.05) is 18.2 Å². The van der Waals surface area contributed by atoms with Crippen molar-refractivity contribution in [3.8, 4) is 11.5 Å². The van der Waals surface area contributed by atoms with Gasteiger partial charge in [0.1, 0.15) is 5.76 Å². The van der Waals surface area contributed by atoms with Gasteiger partial charge in [0, 0.05) is 19.2 Å². The zero-order chi connectivity index (χ0) is 39.3. The monoisotopic (exact) mass is 763 g/mol. The van der Waals surface area contributed by atoms with Gasteiger partial charge in [-0.25, -0.2) is 14.4 Å². The predicted octanol–water partition coefficient (Wildman–Crippen LogP) is 3.82. The van der Waals surface area contributed by atoms with E-state index in [4.69, 9.17) is 33.2 Å². The van der Waals surface area contributed by atoms with Crippen LogP contribution in [0.2, 0.25) is 0 Å². The van der Waals surface area contributed by atoms with Gasteiger partial charge >= 0.3 is 24.1 Å². The second kappa shape index (κ2) is 14.4.